The molecule has 0 fully saturated rings. The Kier molecular flexibility index (Phi) is 6.38. The number of carbonyl (C=O) groups excluding carboxylic acids is 3. The van der Waals surface area contributed by atoms with Gasteiger partial charge >= 0.3 is 12.1 Å². The first-order valence-electron chi connectivity index (χ1n) is 6.77. The molecule has 126 valence electrons. The molecule has 0 atom stereocenters. The largest absolute Gasteiger partial charge is 0.465 e. The van der Waals surface area contributed by atoms with Crippen LogP contribution in [0.1, 0.15) is 31.1 Å². The molecule has 1 rings (SSSR count). The molecule has 1 aromatic rings. The molecule has 0 aliphatic carbocycles. The summed E-state index contributed by atoms with van der Waals surface area (Å²) in [4.78, 5) is 34.8. The minimum Gasteiger partial charge on any atom is -0.465 e. The van der Waals surface area contributed by atoms with Gasteiger partial charge in [-0.25, -0.2) is 9.59 Å². The zero-order valence-electron chi connectivity index (χ0n) is 13.4. The first-order chi connectivity index (χ1) is 10.6. The molecule has 0 aliphatic rings. The Morgan fingerprint density at radius 2 is 1.87 bits per heavy atom. The van der Waals surface area contributed by atoms with Crippen LogP contribution in [0, 0.1) is 0 Å². The number of benzene rings is 1. The summed E-state index contributed by atoms with van der Waals surface area (Å²) in [6, 6.07) is 4.33. The minimum atomic E-state index is -0.706. The van der Waals surface area contributed by atoms with Gasteiger partial charge in [0.25, 0.3) is 0 Å². The molecular formula is C15H19ClN2O5. The van der Waals surface area contributed by atoms with Gasteiger partial charge in [-0.2, -0.15) is 0 Å². The minimum absolute atomic E-state index is 0.241. The van der Waals surface area contributed by atoms with Crippen molar-refractivity contribution in [3.05, 3.63) is 28.8 Å². The third-order valence-corrected chi connectivity index (χ3v) is 2.78. The second-order valence-corrected chi connectivity index (χ2v) is 6.00. The molecule has 7 nitrogen and oxygen atoms in total. The summed E-state index contributed by atoms with van der Waals surface area (Å²) in [5, 5.41) is 5.07. The molecule has 2 N–H and O–H groups in total. The number of methoxy groups -OCH3 is 1. The van der Waals surface area contributed by atoms with Gasteiger partial charge in [-0.15, -0.1) is 0 Å². The van der Waals surface area contributed by atoms with E-state index in [-0.39, 0.29) is 22.8 Å². The van der Waals surface area contributed by atoms with Gasteiger partial charge in [0.05, 0.1) is 23.4 Å². The van der Waals surface area contributed by atoms with Gasteiger partial charge in [-0.05, 0) is 39.0 Å². The van der Waals surface area contributed by atoms with E-state index < -0.39 is 23.6 Å². The van der Waals surface area contributed by atoms with Crippen LogP contribution in [0.3, 0.4) is 0 Å². The molecule has 1 aromatic carbocycles. The summed E-state index contributed by atoms with van der Waals surface area (Å²) in [5.74, 6) is -1.07. The number of anilines is 1. The van der Waals surface area contributed by atoms with Crippen LogP contribution in [0.25, 0.3) is 0 Å². The van der Waals surface area contributed by atoms with E-state index in [1.807, 2.05) is 0 Å². The average Bonchev–Trinajstić information content (AvgIpc) is 2.45. The molecule has 2 amide bonds. The van der Waals surface area contributed by atoms with E-state index in [0.717, 1.165) is 0 Å². The fourth-order valence-electron chi connectivity index (χ4n) is 1.53. The Morgan fingerprint density at radius 3 is 2.43 bits per heavy atom. The first kappa shape index (κ1) is 18.8. The maximum absolute atomic E-state index is 11.8. The molecule has 23 heavy (non-hydrogen) atoms. The van der Waals surface area contributed by atoms with Crippen molar-refractivity contribution in [2.24, 2.45) is 0 Å². The molecule has 8 heteroatoms. The lowest BCUT2D eigenvalue weighted by Gasteiger charge is -2.19. The van der Waals surface area contributed by atoms with Crippen molar-refractivity contribution < 1.29 is 23.9 Å². The zero-order valence-corrected chi connectivity index (χ0v) is 14.1. The van der Waals surface area contributed by atoms with Gasteiger partial charge < -0.3 is 20.1 Å². The highest BCUT2D eigenvalue weighted by Crippen LogP contribution is 2.23. The average molecular weight is 343 g/mol. The van der Waals surface area contributed by atoms with Gasteiger partial charge in [-0.3, -0.25) is 4.79 Å². The quantitative estimate of drug-likeness (QED) is 0.820. The Labute approximate surface area is 139 Å². The molecule has 0 aliphatic heterocycles. The molecule has 0 unspecified atom stereocenters. The van der Waals surface area contributed by atoms with Crippen molar-refractivity contribution in [3.8, 4) is 0 Å². The summed E-state index contributed by atoms with van der Waals surface area (Å²) in [6.45, 7) is 4.84. The molecule has 0 bridgehead atoms. The maximum atomic E-state index is 11.8. The Bertz CT molecular complexity index is 610. The van der Waals surface area contributed by atoms with E-state index >= 15 is 0 Å². The number of rotatable bonds is 4. The summed E-state index contributed by atoms with van der Waals surface area (Å²) in [5.41, 5.74) is -0.170. The lowest BCUT2D eigenvalue weighted by Crippen LogP contribution is -2.37. The molecular weight excluding hydrogens is 324 g/mol. The van der Waals surface area contributed by atoms with Crippen LogP contribution in [0.5, 0.6) is 0 Å². The topological polar surface area (TPSA) is 93.7 Å². The highest BCUT2D eigenvalue weighted by molar-refractivity contribution is 6.33. The molecule has 0 spiro atoms. The van der Waals surface area contributed by atoms with Crippen LogP contribution in [-0.2, 0) is 14.3 Å². The third kappa shape index (κ3) is 6.56. The van der Waals surface area contributed by atoms with Gasteiger partial charge in [0.1, 0.15) is 12.1 Å². The van der Waals surface area contributed by atoms with E-state index in [0.29, 0.717) is 0 Å². The van der Waals surface area contributed by atoms with Crippen LogP contribution >= 0.6 is 11.6 Å². The standard InChI is InChI=1S/C15H19ClN2O5/c1-15(2,3)23-14(21)17-8-12(19)18-11-7-9(13(20)22-4)5-6-10(11)16/h5-7H,8H2,1-4H3,(H,17,21)(H,18,19). The Hall–Kier alpha value is -2.28. The van der Waals surface area contributed by atoms with Gasteiger partial charge in [0, 0.05) is 0 Å². The summed E-state index contributed by atoms with van der Waals surface area (Å²) >= 11 is 5.96. The van der Waals surface area contributed by atoms with Crippen molar-refractivity contribution in [1.82, 2.24) is 5.32 Å². The number of alkyl carbamates (subject to hydrolysis) is 1. The number of carbonyl (C=O) groups is 3. The summed E-state index contributed by atoms with van der Waals surface area (Å²) in [6.07, 6.45) is -0.706. The number of hydrogen-bond acceptors (Lipinski definition) is 5. The SMILES string of the molecule is COC(=O)c1ccc(Cl)c(NC(=O)CNC(=O)OC(C)(C)C)c1. The highest BCUT2D eigenvalue weighted by Gasteiger charge is 2.17. The highest BCUT2D eigenvalue weighted by atomic mass is 35.5. The van der Waals surface area contributed by atoms with Gasteiger partial charge in [0.2, 0.25) is 5.91 Å². The number of amides is 2. The second kappa shape index (κ2) is 7.82. The molecule has 0 heterocycles. The lowest BCUT2D eigenvalue weighted by molar-refractivity contribution is -0.115. The number of ether oxygens (including phenoxy) is 2. The van der Waals surface area contributed by atoms with Crippen LogP contribution in [0.2, 0.25) is 5.02 Å². The van der Waals surface area contributed by atoms with Gasteiger partial charge in [-0.1, -0.05) is 11.6 Å². The van der Waals surface area contributed by atoms with E-state index in [1.165, 1.54) is 25.3 Å². The molecule has 0 aromatic heterocycles. The van der Waals surface area contributed by atoms with E-state index in [2.05, 4.69) is 15.4 Å². The number of halogens is 1. The predicted molar refractivity (Wildman–Crippen MR) is 85.7 cm³/mol. The summed E-state index contributed by atoms with van der Waals surface area (Å²) < 4.78 is 9.60. The monoisotopic (exact) mass is 342 g/mol. The fraction of sp³-hybridized carbons (Fsp3) is 0.400. The smallest absolute Gasteiger partial charge is 0.408 e. The maximum Gasteiger partial charge on any atom is 0.408 e. The lowest BCUT2D eigenvalue weighted by atomic mass is 10.2. The van der Waals surface area contributed by atoms with E-state index in [9.17, 15) is 14.4 Å². The zero-order chi connectivity index (χ0) is 17.6. The van der Waals surface area contributed by atoms with Crippen molar-refractivity contribution in [2.75, 3.05) is 19.0 Å². The predicted octanol–water partition coefficient (Wildman–Crippen LogP) is 2.59. The van der Waals surface area contributed by atoms with Crippen LogP contribution < -0.4 is 10.6 Å². The van der Waals surface area contributed by atoms with Crippen LogP contribution in [-0.4, -0.2) is 37.2 Å². The third-order valence-electron chi connectivity index (χ3n) is 2.45. The normalized spacial score (nSPS) is 10.7. The van der Waals surface area contributed by atoms with E-state index in [4.69, 9.17) is 16.3 Å². The number of hydrogen-bond donors (Lipinski definition) is 2. The molecule has 0 saturated carbocycles. The number of nitrogens with one attached hydrogen (secondary N) is 2. The first-order valence-corrected chi connectivity index (χ1v) is 7.15. The van der Waals surface area contributed by atoms with Crippen LogP contribution in [0.4, 0.5) is 10.5 Å². The Balaban J connectivity index is 2.64. The van der Waals surface area contributed by atoms with Crippen molar-refractivity contribution in [3.63, 3.8) is 0 Å². The second-order valence-electron chi connectivity index (χ2n) is 5.59. The van der Waals surface area contributed by atoms with Crippen molar-refractivity contribution >= 4 is 35.3 Å². The van der Waals surface area contributed by atoms with E-state index in [1.54, 1.807) is 20.8 Å². The molecule has 0 radical (unpaired) electrons. The van der Waals surface area contributed by atoms with Crippen LogP contribution in [0.15, 0.2) is 18.2 Å². The number of esters is 1. The van der Waals surface area contributed by atoms with Crippen molar-refractivity contribution in [1.29, 1.82) is 0 Å². The fourth-order valence-corrected chi connectivity index (χ4v) is 1.69. The molecule has 0 saturated heterocycles. The van der Waals surface area contributed by atoms with Crippen molar-refractivity contribution in [2.45, 2.75) is 26.4 Å². The van der Waals surface area contributed by atoms with Gasteiger partial charge in [0.15, 0.2) is 0 Å². The Morgan fingerprint density at radius 1 is 1.22 bits per heavy atom. The summed E-state index contributed by atoms with van der Waals surface area (Å²) in [7, 11) is 1.25.